The van der Waals surface area contributed by atoms with Crippen LogP contribution in [0.15, 0.2) is 109 Å². The molecule has 55 heavy (non-hydrogen) atoms. The summed E-state index contributed by atoms with van der Waals surface area (Å²) >= 11 is 6.21. The highest BCUT2D eigenvalue weighted by atomic mass is 35.5. The lowest BCUT2D eigenvalue weighted by Crippen LogP contribution is -2.12. The van der Waals surface area contributed by atoms with Crippen LogP contribution >= 0.6 is 11.6 Å². The largest absolute Gasteiger partial charge is 0.487 e. The monoisotopic (exact) mass is 766 g/mol. The van der Waals surface area contributed by atoms with Gasteiger partial charge in [-0.1, -0.05) is 197 Å². The lowest BCUT2D eigenvalue weighted by atomic mass is 9.82. The first-order valence-corrected chi connectivity index (χ1v) is 21.8. The molecular formula is C52H76ClNO. The van der Waals surface area contributed by atoms with Gasteiger partial charge in [-0.3, -0.25) is 4.98 Å². The first-order chi connectivity index (χ1) is 26.3. The SMILES string of the molecule is CC(C)C1=CCCCC1.CC(C)C1CCCCC1.CC(C)c1ccc(OCc2ccccc2)c(Cl)c1.CC(C)c1ccccc1.Cc1cncc(C(C)C)c1. The molecule has 3 heteroatoms. The van der Waals surface area contributed by atoms with E-state index in [1.54, 1.807) is 5.57 Å². The van der Waals surface area contributed by atoms with E-state index in [1.165, 1.54) is 80.0 Å². The zero-order valence-electron chi connectivity index (χ0n) is 36.6. The highest BCUT2D eigenvalue weighted by Gasteiger charge is 2.15. The second-order valence-corrected chi connectivity index (χ2v) is 17.4. The van der Waals surface area contributed by atoms with Gasteiger partial charge in [0.15, 0.2) is 0 Å². The molecule has 1 aromatic heterocycles. The molecule has 302 valence electrons. The fraction of sp³-hybridized carbons (Fsp3) is 0.519. The molecule has 0 atom stereocenters. The third-order valence-electron chi connectivity index (χ3n) is 10.5. The van der Waals surface area contributed by atoms with Crippen molar-refractivity contribution in [3.05, 3.63) is 142 Å². The number of nitrogens with zero attached hydrogens (tertiary/aromatic N) is 1. The maximum Gasteiger partial charge on any atom is 0.138 e. The van der Waals surface area contributed by atoms with Gasteiger partial charge in [-0.2, -0.15) is 0 Å². The topological polar surface area (TPSA) is 22.1 Å². The fourth-order valence-electron chi connectivity index (χ4n) is 6.65. The molecule has 0 saturated heterocycles. The van der Waals surface area contributed by atoms with Crippen LogP contribution in [-0.4, -0.2) is 4.98 Å². The number of aromatic nitrogens is 1. The smallest absolute Gasteiger partial charge is 0.138 e. The van der Waals surface area contributed by atoms with Gasteiger partial charge in [0.2, 0.25) is 0 Å². The third kappa shape index (κ3) is 20.4. The highest BCUT2D eigenvalue weighted by Crippen LogP contribution is 2.30. The number of benzene rings is 3. The molecule has 0 aliphatic heterocycles. The van der Waals surface area contributed by atoms with E-state index in [9.17, 15) is 0 Å². The standard InChI is InChI=1S/C16H17ClO.C9H13N.C9H18.C9H16.C9H12/c1-12(2)14-8-9-16(15(17)10-14)18-11-13-6-4-3-5-7-13;1-7(2)9-4-8(3)5-10-6-9;3*1-8(2)9-6-4-3-5-7-9/h3-10,12H,11H2,1-2H3;4-7H,1-3H3;8-9H,3-7H2,1-2H3;6,8H,3-5,7H2,1-2H3;3-8H,1-2H3. The Hall–Kier alpha value is -3.36. The quantitative estimate of drug-likeness (QED) is 0.167. The van der Waals surface area contributed by atoms with Gasteiger partial charge in [0, 0.05) is 12.4 Å². The van der Waals surface area contributed by atoms with Gasteiger partial charge in [0.25, 0.3) is 0 Å². The molecule has 4 aromatic rings. The van der Waals surface area contributed by atoms with Crippen molar-refractivity contribution in [1.29, 1.82) is 0 Å². The molecule has 1 fully saturated rings. The number of hydrogen-bond acceptors (Lipinski definition) is 2. The van der Waals surface area contributed by atoms with Crippen molar-refractivity contribution < 1.29 is 4.74 Å². The van der Waals surface area contributed by atoms with Gasteiger partial charge in [-0.15, -0.1) is 0 Å². The summed E-state index contributed by atoms with van der Waals surface area (Å²) in [5, 5.41) is 0.678. The second kappa shape index (κ2) is 27.3. The van der Waals surface area contributed by atoms with Crippen molar-refractivity contribution in [2.75, 3.05) is 0 Å². The average Bonchev–Trinajstić information content (AvgIpc) is 3.20. The Kier molecular flexibility index (Phi) is 23.7. The summed E-state index contributed by atoms with van der Waals surface area (Å²) in [5.41, 5.74) is 8.03. The molecular weight excluding hydrogens is 690 g/mol. The summed E-state index contributed by atoms with van der Waals surface area (Å²) < 4.78 is 5.73. The Balaban J connectivity index is 0.000000247. The Morgan fingerprint density at radius 2 is 1.22 bits per heavy atom. The van der Waals surface area contributed by atoms with Crippen LogP contribution in [0.5, 0.6) is 5.75 Å². The fourth-order valence-corrected chi connectivity index (χ4v) is 6.89. The van der Waals surface area contributed by atoms with Gasteiger partial charge in [-0.25, -0.2) is 0 Å². The molecule has 1 saturated carbocycles. The van der Waals surface area contributed by atoms with E-state index in [2.05, 4.69) is 124 Å². The van der Waals surface area contributed by atoms with Crippen LogP contribution < -0.4 is 4.74 Å². The molecule has 3 aromatic carbocycles. The molecule has 2 aliphatic carbocycles. The second-order valence-electron chi connectivity index (χ2n) is 17.0. The van der Waals surface area contributed by atoms with Crippen molar-refractivity contribution in [2.24, 2.45) is 17.8 Å². The molecule has 0 spiro atoms. The van der Waals surface area contributed by atoms with E-state index in [0.29, 0.717) is 29.4 Å². The minimum atomic E-state index is 0.477. The number of ether oxygens (including phenoxy) is 1. The maximum atomic E-state index is 6.21. The van der Waals surface area contributed by atoms with Crippen LogP contribution in [-0.2, 0) is 6.61 Å². The van der Waals surface area contributed by atoms with E-state index < -0.39 is 0 Å². The number of hydrogen-bond donors (Lipinski definition) is 0. The van der Waals surface area contributed by atoms with Crippen LogP contribution in [0.4, 0.5) is 0 Å². The highest BCUT2D eigenvalue weighted by molar-refractivity contribution is 6.32. The van der Waals surface area contributed by atoms with E-state index in [4.69, 9.17) is 16.3 Å². The first-order valence-electron chi connectivity index (χ1n) is 21.4. The summed E-state index contributed by atoms with van der Waals surface area (Å²) in [7, 11) is 0. The van der Waals surface area contributed by atoms with E-state index in [1.807, 2.05) is 60.9 Å². The molecule has 0 unspecified atom stereocenters. The van der Waals surface area contributed by atoms with Crippen LogP contribution in [0.1, 0.15) is 173 Å². The third-order valence-corrected chi connectivity index (χ3v) is 10.8. The van der Waals surface area contributed by atoms with Gasteiger partial charge >= 0.3 is 0 Å². The lowest BCUT2D eigenvalue weighted by molar-refractivity contribution is 0.279. The van der Waals surface area contributed by atoms with Crippen LogP contribution in [0.25, 0.3) is 0 Å². The van der Waals surface area contributed by atoms with Crippen LogP contribution in [0, 0.1) is 24.7 Å². The number of rotatable bonds is 8. The van der Waals surface area contributed by atoms with Crippen molar-refractivity contribution in [3.8, 4) is 5.75 Å². The first kappa shape index (κ1) is 47.8. The minimum Gasteiger partial charge on any atom is -0.487 e. The number of allylic oxidation sites excluding steroid dienone is 2. The zero-order chi connectivity index (χ0) is 40.6. The minimum absolute atomic E-state index is 0.477. The van der Waals surface area contributed by atoms with Crippen LogP contribution in [0.3, 0.4) is 0 Å². The van der Waals surface area contributed by atoms with Gasteiger partial charge in [0.05, 0.1) is 5.02 Å². The Morgan fingerprint density at radius 1 is 0.618 bits per heavy atom. The van der Waals surface area contributed by atoms with Gasteiger partial charge in [0.1, 0.15) is 12.4 Å². The number of halogens is 1. The molecule has 0 amide bonds. The Bertz CT molecular complexity index is 1580. The molecule has 2 nitrogen and oxygen atoms in total. The molecule has 0 N–H and O–H groups in total. The Morgan fingerprint density at radius 3 is 1.64 bits per heavy atom. The zero-order valence-corrected chi connectivity index (χ0v) is 37.3. The maximum absolute atomic E-state index is 6.21. The predicted molar refractivity (Wildman–Crippen MR) is 243 cm³/mol. The van der Waals surface area contributed by atoms with Crippen LogP contribution in [0.2, 0.25) is 5.02 Å². The Labute approximate surface area is 343 Å². The lowest BCUT2D eigenvalue weighted by Gasteiger charge is -2.24. The van der Waals surface area contributed by atoms with E-state index >= 15 is 0 Å². The van der Waals surface area contributed by atoms with Crippen molar-refractivity contribution in [1.82, 2.24) is 4.98 Å². The van der Waals surface area contributed by atoms with Crippen molar-refractivity contribution in [3.63, 3.8) is 0 Å². The molecule has 1 heterocycles. The van der Waals surface area contributed by atoms with Gasteiger partial charge in [-0.05, 0) is 108 Å². The molecule has 6 rings (SSSR count). The summed E-state index contributed by atoms with van der Waals surface area (Å²) in [4.78, 5) is 4.11. The van der Waals surface area contributed by atoms with Crippen molar-refractivity contribution in [2.45, 2.75) is 158 Å². The normalized spacial score (nSPS) is 14.1. The summed E-state index contributed by atoms with van der Waals surface area (Å²) in [6, 6.07) is 28.8. The van der Waals surface area contributed by atoms with E-state index in [0.717, 1.165) is 29.1 Å². The summed E-state index contributed by atoms with van der Waals surface area (Å²) in [6.07, 6.45) is 19.2. The summed E-state index contributed by atoms with van der Waals surface area (Å²) in [5.74, 6) is 5.25. The summed E-state index contributed by atoms with van der Waals surface area (Å²) in [6.45, 7) is 25.0. The number of pyridine rings is 1. The predicted octanol–water partition coefficient (Wildman–Crippen LogP) is 16.7. The van der Waals surface area contributed by atoms with E-state index in [-0.39, 0.29) is 0 Å². The molecule has 0 bridgehead atoms. The van der Waals surface area contributed by atoms with Gasteiger partial charge < -0.3 is 4.74 Å². The van der Waals surface area contributed by atoms with Crippen molar-refractivity contribution >= 4 is 11.6 Å². The number of aryl methyl sites for hydroxylation is 1. The molecule has 0 radical (unpaired) electrons. The molecule has 2 aliphatic rings. The average molecular weight is 767 g/mol.